The zero-order valence-corrected chi connectivity index (χ0v) is 9.80. The van der Waals surface area contributed by atoms with Gasteiger partial charge in [0, 0.05) is 12.2 Å². The quantitative estimate of drug-likeness (QED) is 0.765. The molecule has 2 rings (SSSR count). The molecule has 17 heavy (non-hydrogen) atoms. The number of halogens is 1. The first-order valence-electron chi connectivity index (χ1n) is 5.43. The Bertz CT molecular complexity index is 479. The summed E-state index contributed by atoms with van der Waals surface area (Å²) in [5, 5.41) is 4.34. The van der Waals surface area contributed by atoms with Crippen LogP contribution in [0.5, 0.6) is 5.75 Å². The van der Waals surface area contributed by atoms with Crippen molar-refractivity contribution >= 4 is 0 Å². The van der Waals surface area contributed by atoms with Gasteiger partial charge in [-0.05, 0) is 32.0 Å². The molecule has 0 spiro atoms. The second-order valence-corrected chi connectivity index (χ2v) is 3.99. The van der Waals surface area contributed by atoms with Gasteiger partial charge in [0.1, 0.15) is 12.4 Å². The van der Waals surface area contributed by atoms with Gasteiger partial charge in [-0.1, -0.05) is 0 Å². The molecule has 0 fully saturated rings. The van der Waals surface area contributed by atoms with Crippen LogP contribution in [0.3, 0.4) is 0 Å². The van der Waals surface area contributed by atoms with Crippen molar-refractivity contribution in [2.75, 3.05) is 0 Å². The van der Waals surface area contributed by atoms with E-state index in [4.69, 9.17) is 4.74 Å². The van der Waals surface area contributed by atoms with Gasteiger partial charge < -0.3 is 4.74 Å². The van der Waals surface area contributed by atoms with Crippen LogP contribution < -0.4 is 4.74 Å². The van der Waals surface area contributed by atoms with E-state index < -0.39 is 5.95 Å². The molecule has 0 radical (unpaired) electrons. The van der Waals surface area contributed by atoms with Crippen LogP contribution in [0, 0.1) is 5.95 Å². The number of pyridine rings is 1. The monoisotopic (exact) mass is 235 g/mol. The number of ether oxygens (including phenoxy) is 1. The Hall–Kier alpha value is -1.91. The smallest absolute Gasteiger partial charge is 0.213 e. The lowest BCUT2D eigenvalue weighted by molar-refractivity contribution is 0.296. The van der Waals surface area contributed by atoms with Crippen molar-refractivity contribution in [1.29, 1.82) is 0 Å². The summed E-state index contributed by atoms with van der Waals surface area (Å²) in [4.78, 5) is 3.51. The van der Waals surface area contributed by atoms with Crippen LogP contribution in [-0.2, 0) is 6.61 Å². The number of nitrogens with zero attached hydrogens (tertiary/aromatic N) is 3. The lowest BCUT2D eigenvalue weighted by atomic mass is 10.4. The predicted octanol–water partition coefficient (Wildman–Crippen LogP) is 2.58. The Morgan fingerprint density at radius 3 is 2.76 bits per heavy atom. The third-order valence-corrected chi connectivity index (χ3v) is 2.28. The van der Waals surface area contributed by atoms with E-state index in [1.165, 1.54) is 12.3 Å². The summed E-state index contributed by atoms with van der Waals surface area (Å²) in [5.74, 6) is 0.0203. The van der Waals surface area contributed by atoms with Crippen LogP contribution in [0.2, 0.25) is 0 Å². The standard InChI is InChI=1S/C12H14FN3O/c1-9(2)16-6-5-10(15-16)8-17-11-3-4-12(13)14-7-11/h3-7,9H,8H2,1-2H3. The minimum Gasteiger partial charge on any atom is -0.486 e. The molecule has 0 aliphatic heterocycles. The molecule has 0 aromatic carbocycles. The number of hydrogen-bond donors (Lipinski definition) is 0. The van der Waals surface area contributed by atoms with Crippen molar-refractivity contribution < 1.29 is 9.13 Å². The van der Waals surface area contributed by atoms with E-state index in [1.54, 1.807) is 6.07 Å². The summed E-state index contributed by atoms with van der Waals surface area (Å²) in [7, 11) is 0. The third-order valence-electron chi connectivity index (χ3n) is 2.28. The number of hydrogen-bond acceptors (Lipinski definition) is 3. The molecule has 2 aromatic heterocycles. The maximum Gasteiger partial charge on any atom is 0.213 e. The van der Waals surface area contributed by atoms with Crippen molar-refractivity contribution in [2.24, 2.45) is 0 Å². The Labute approximate surface area is 99.1 Å². The highest BCUT2D eigenvalue weighted by Gasteiger charge is 2.03. The van der Waals surface area contributed by atoms with Gasteiger partial charge >= 0.3 is 0 Å². The average molecular weight is 235 g/mol. The van der Waals surface area contributed by atoms with E-state index >= 15 is 0 Å². The fourth-order valence-electron chi connectivity index (χ4n) is 1.35. The highest BCUT2D eigenvalue weighted by Crippen LogP contribution is 2.11. The molecule has 0 atom stereocenters. The van der Waals surface area contributed by atoms with Gasteiger partial charge in [0.05, 0.1) is 11.9 Å². The molecule has 2 aromatic rings. The Morgan fingerprint density at radius 2 is 2.18 bits per heavy atom. The van der Waals surface area contributed by atoms with Crippen molar-refractivity contribution in [3.63, 3.8) is 0 Å². The van der Waals surface area contributed by atoms with Crippen molar-refractivity contribution in [1.82, 2.24) is 14.8 Å². The molecule has 0 saturated carbocycles. The van der Waals surface area contributed by atoms with Crippen LogP contribution >= 0.6 is 0 Å². The first-order chi connectivity index (χ1) is 8.15. The van der Waals surface area contributed by atoms with Crippen LogP contribution in [0.15, 0.2) is 30.6 Å². The first kappa shape index (κ1) is 11.6. The normalized spacial score (nSPS) is 10.8. The van der Waals surface area contributed by atoms with E-state index in [0.717, 1.165) is 5.69 Å². The summed E-state index contributed by atoms with van der Waals surface area (Å²) in [6, 6.07) is 5.04. The molecule has 90 valence electrons. The van der Waals surface area contributed by atoms with Gasteiger partial charge in [0.25, 0.3) is 0 Å². The summed E-state index contributed by atoms with van der Waals surface area (Å²) in [6.07, 6.45) is 3.26. The molecular weight excluding hydrogens is 221 g/mol. The zero-order chi connectivity index (χ0) is 12.3. The maximum absolute atomic E-state index is 12.6. The molecular formula is C12H14FN3O. The van der Waals surface area contributed by atoms with Gasteiger partial charge in [0.2, 0.25) is 5.95 Å². The van der Waals surface area contributed by atoms with Gasteiger partial charge in [0.15, 0.2) is 0 Å². The van der Waals surface area contributed by atoms with Gasteiger partial charge in [-0.3, -0.25) is 4.68 Å². The Kier molecular flexibility index (Phi) is 3.37. The lowest BCUT2D eigenvalue weighted by Gasteiger charge is -2.05. The third kappa shape index (κ3) is 3.03. The van der Waals surface area contributed by atoms with Gasteiger partial charge in [-0.25, -0.2) is 4.98 Å². The van der Waals surface area contributed by atoms with E-state index in [0.29, 0.717) is 18.4 Å². The molecule has 0 unspecified atom stereocenters. The second-order valence-electron chi connectivity index (χ2n) is 3.99. The van der Waals surface area contributed by atoms with Crippen molar-refractivity contribution in [2.45, 2.75) is 26.5 Å². The molecule has 4 nitrogen and oxygen atoms in total. The first-order valence-corrected chi connectivity index (χ1v) is 5.43. The fraction of sp³-hybridized carbons (Fsp3) is 0.333. The largest absolute Gasteiger partial charge is 0.486 e. The molecule has 0 saturated heterocycles. The van der Waals surface area contributed by atoms with Crippen molar-refractivity contribution in [3.05, 3.63) is 42.2 Å². The maximum atomic E-state index is 12.6. The van der Waals surface area contributed by atoms with Gasteiger partial charge in [-0.15, -0.1) is 0 Å². The minimum absolute atomic E-state index is 0.330. The zero-order valence-electron chi connectivity index (χ0n) is 9.80. The average Bonchev–Trinajstić information content (AvgIpc) is 2.77. The minimum atomic E-state index is -0.513. The van der Waals surface area contributed by atoms with Crippen LogP contribution in [-0.4, -0.2) is 14.8 Å². The van der Waals surface area contributed by atoms with Crippen LogP contribution in [0.1, 0.15) is 25.6 Å². The number of aromatic nitrogens is 3. The van der Waals surface area contributed by atoms with Crippen molar-refractivity contribution in [3.8, 4) is 5.75 Å². The molecule has 2 heterocycles. The predicted molar refractivity (Wildman–Crippen MR) is 61.1 cm³/mol. The number of rotatable bonds is 4. The molecule has 0 aliphatic carbocycles. The summed E-state index contributed by atoms with van der Waals surface area (Å²) in [5.41, 5.74) is 0.836. The summed E-state index contributed by atoms with van der Waals surface area (Å²) in [6.45, 7) is 4.47. The summed E-state index contributed by atoms with van der Waals surface area (Å²) >= 11 is 0. The molecule has 0 N–H and O–H groups in total. The lowest BCUT2D eigenvalue weighted by Crippen LogP contribution is -2.03. The Morgan fingerprint density at radius 1 is 1.35 bits per heavy atom. The van der Waals surface area contributed by atoms with Crippen LogP contribution in [0.4, 0.5) is 4.39 Å². The van der Waals surface area contributed by atoms with Gasteiger partial charge in [-0.2, -0.15) is 9.49 Å². The molecule has 0 aliphatic rings. The fourth-order valence-corrected chi connectivity index (χ4v) is 1.35. The second kappa shape index (κ2) is 4.95. The topological polar surface area (TPSA) is 39.9 Å². The highest BCUT2D eigenvalue weighted by atomic mass is 19.1. The molecule has 0 bridgehead atoms. The highest BCUT2D eigenvalue weighted by molar-refractivity contribution is 5.16. The summed E-state index contributed by atoms with van der Waals surface area (Å²) < 4.78 is 19.9. The van der Waals surface area contributed by atoms with E-state index in [1.807, 2.05) is 16.9 Å². The van der Waals surface area contributed by atoms with E-state index in [-0.39, 0.29) is 0 Å². The van der Waals surface area contributed by atoms with E-state index in [2.05, 4.69) is 23.9 Å². The Balaban J connectivity index is 1.95. The molecule has 5 heteroatoms. The molecule has 0 amide bonds. The van der Waals surface area contributed by atoms with E-state index in [9.17, 15) is 4.39 Å². The SMILES string of the molecule is CC(C)n1ccc(COc2ccc(F)nc2)n1. The van der Waals surface area contributed by atoms with Crippen LogP contribution in [0.25, 0.3) is 0 Å².